The number of nitrogens with one attached hydrogen (secondary N) is 1. The van der Waals surface area contributed by atoms with Crippen LogP contribution in [0.5, 0.6) is 0 Å². The van der Waals surface area contributed by atoms with Crippen LogP contribution in [0.3, 0.4) is 0 Å². The van der Waals surface area contributed by atoms with Gasteiger partial charge in [-0.25, -0.2) is 0 Å². The van der Waals surface area contributed by atoms with E-state index in [0.717, 1.165) is 5.56 Å². The Bertz CT molecular complexity index is 598. The Morgan fingerprint density at radius 2 is 1.95 bits per heavy atom. The van der Waals surface area contributed by atoms with Gasteiger partial charge in [0.05, 0.1) is 6.04 Å². The molecule has 1 amide bonds. The van der Waals surface area contributed by atoms with Crippen LogP contribution in [0.2, 0.25) is 5.02 Å². The smallest absolute Gasteiger partial charge is 0.251 e. The molecule has 2 aromatic carbocycles. The molecule has 0 aliphatic carbocycles. The fourth-order valence-corrected chi connectivity index (χ4v) is 2.01. The molecule has 0 radical (unpaired) electrons. The van der Waals surface area contributed by atoms with Gasteiger partial charge in [-0.3, -0.25) is 4.79 Å². The van der Waals surface area contributed by atoms with E-state index in [-0.39, 0.29) is 11.9 Å². The predicted molar refractivity (Wildman–Crippen MR) is 78.2 cm³/mol. The Balaban J connectivity index is 2.11. The number of hydrogen-bond donors (Lipinski definition) is 2. The summed E-state index contributed by atoms with van der Waals surface area (Å²) in [6.07, 6.45) is 0. The van der Waals surface area contributed by atoms with E-state index >= 15 is 0 Å². The van der Waals surface area contributed by atoms with E-state index in [1.807, 2.05) is 31.2 Å². The molecule has 2 aromatic rings. The van der Waals surface area contributed by atoms with Crippen LogP contribution in [-0.4, -0.2) is 5.91 Å². The molecule has 3 nitrogen and oxygen atoms in total. The second-order valence-corrected chi connectivity index (χ2v) is 4.81. The van der Waals surface area contributed by atoms with E-state index in [2.05, 4.69) is 5.32 Å². The van der Waals surface area contributed by atoms with E-state index in [9.17, 15) is 4.79 Å². The fourth-order valence-electron chi connectivity index (χ4n) is 1.82. The number of hydrogen-bond acceptors (Lipinski definition) is 2. The highest BCUT2D eigenvalue weighted by Gasteiger charge is 2.11. The molecule has 0 spiro atoms. The summed E-state index contributed by atoms with van der Waals surface area (Å²) in [6.45, 7) is 1.91. The molecule has 0 aromatic heterocycles. The van der Waals surface area contributed by atoms with Crippen LogP contribution in [0.25, 0.3) is 0 Å². The van der Waals surface area contributed by atoms with Crippen molar-refractivity contribution in [3.05, 3.63) is 64.7 Å². The van der Waals surface area contributed by atoms with Crippen LogP contribution in [0, 0.1) is 0 Å². The van der Waals surface area contributed by atoms with Crippen molar-refractivity contribution < 1.29 is 4.79 Å². The van der Waals surface area contributed by atoms with Gasteiger partial charge in [-0.15, -0.1) is 0 Å². The number of halogens is 1. The highest BCUT2D eigenvalue weighted by atomic mass is 35.5. The zero-order chi connectivity index (χ0) is 13.8. The molecule has 0 saturated heterocycles. The predicted octanol–water partition coefficient (Wildman–Crippen LogP) is 3.41. The molecule has 19 heavy (non-hydrogen) atoms. The summed E-state index contributed by atoms with van der Waals surface area (Å²) < 4.78 is 0. The molecule has 0 fully saturated rings. The molecule has 0 heterocycles. The van der Waals surface area contributed by atoms with E-state index in [1.54, 1.807) is 24.3 Å². The highest BCUT2D eigenvalue weighted by Crippen LogP contribution is 2.17. The van der Waals surface area contributed by atoms with E-state index in [4.69, 9.17) is 17.3 Å². The first-order valence-corrected chi connectivity index (χ1v) is 6.36. The summed E-state index contributed by atoms with van der Waals surface area (Å²) in [5.74, 6) is -0.155. The summed E-state index contributed by atoms with van der Waals surface area (Å²) in [5.41, 5.74) is 7.92. The minimum atomic E-state index is -0.155. The number of carbonyl (C=O) groups is 1. The zero-order valence-electron chi connectivity index (χ0n) is 10.6. The Morgan fingerprint density at radius 1 is 1.21 bits per heavy atom. The van der Waals surface area contributed by atoms with E-state index in [0.29, 0.717) is 16.3 Å². The van der Waals surface area contributed by atoms with Gasteiger partial charge >= 0.3 is 0 Å². The molecule has 0 saturated carbocycles. The highest BCUT2D eigenvalue weighted by molar-refractivity contribution is 6.30. The molecular weight excluding hydrogens is 260 g/mol. The van der Waals surface area contributed by atoms with Crippen LogP contribution in [0.4, 0.5) is 5.69 Å². The van der Waals surface area contributed by atoms with Crippen molar-refractivity contribution in [1.82, 2.24) is 5.32 Å². The fraction of sp³-hybridized carbons (Fsp3) is 0.133. The van der Waals surface area contributed by atoms with Gasteiger partial charge in [0.1, 0.15) is 0 Å². The number of carbonyl (C=O) groups excluding carboxylic acids is 1. The van der Waals surface area contributed by atoms with Crippen molar-refractivity contribution in [3.8, 4) is 0 Å². The zero-order valence-corrected chi connectivity index (χ0v) is 11.3. The van der Waals surface area contributed by atoms with Crippen molar-refractivity contribution in [2.45, 2.75) is 13.0 Å². The molecule has 1 unspecified atom stereocenters. The van der Waals surface area contributed by atoms with Gasteiger partial charge in [-0.2, -0.15) is 0 Å². The molecule has 0 aliphatic heterocycles. The normalized spacial score (nSPS) is 11.9. The van der Waals surface area contributed by atoms with Crippen molar-refractivity contribution in [2.75, 3.05) is 5.73 Å². The average molecular weight is 275 g/mol. The molecule has 3 N–H and O–H groups in total. The van der Waals surface area contributed by atoms with Gasteiger partial charge < -0.3 is 11.1 Å². The number of amides is 1. The number of anilines is 1. The third-order valence-electron chi connectivity index (χ3n) is 2.85. The topological polar surface area (TPSA) is 55.1 Å². The SMILES string of the molecule is CC(NC(=O)c1cccc(Cl)c1)c1cccc(N)c1. The number of nitrogen functional groups attached to an aromatic ring is 1. The Morgan fingerprint density at radius 3 is 2.63 bits per heavy atom. The van der Waals surface area contributed by atoms with Crippen LogP contribution >= 0.6 is 11.6 Å². The molecule has 0 aliphatic rings. The standard InChI is InChI=1S/C15H15ClN2O/c1-10(11-4-3-7-14(17)9-11)18-15(19)12-5-2-6-13(16)8-12/h2-10H,17H2,1H3,(H,18,19). The third-order valence-corrected chi connectivity index (χ3v) is 3.08. The van der Waals surface area contributed by atoms with Gasteiger partial charge in [-0.1, -0.05) is 29.8 Å². The number of rotatable bonds is 3. The maximum atomic E-state index is 12.1. The second-order valence-electron chi connectivity index (χ2n) is 4.38. The minimum absolute atomic E-state index is 0.116. The number of benzene rings is 2. The van der Waals surface area contributed by atoms with Crippen LogP contribution in [-0.2, 0) is 0 Å². The van der Waals surface area contributed by atoms with Crippen molar-refractivity contribution >= 4 is 23.2 Å². The summed E-state index contributed by atoms with van der Waals surface area (Å²) >= 11 is 5.87. The van der Waals surface area contributed by atoms with Gasteiger partial charge in [-0.05, 0) is 42.8 Å². The second kappa shape index (κ2) is 5.76. The molecular formula is C15H15ClN2O. The Labute approximate surface area is 117 Å². The summed E-state index contributed by atoms with van der Waals surface area (Å²) in [5, 5.41) is 3.46. The molecule has 4 heteroatoms. The van der Waals surface area contributed by atoms with E-state index < -0.39 is 0 Å². The van der Waals surface area contributed by atoms with Gasteiger partial charge in [0.15, 0.2) is 0 Å². The lowest BCUT2D eigenvalue weighted by Gasteiger charge is -2.15. The minimum Gasteiger partial charge on any atom is -0.399 e. The lowest BCUT2D eigenvalue weighted by atomic mass is 10.1. The van der Waals surface area contributed by atoms with Gasteiger partial charge in [0.25, 0.3) is 5.91 Å². The Kier molecular flexibility index (Phi) is 4.07. The monoisotopic (exact) mass is 274 g/mol. The Hall–Kier alpha value is -2.00. The number of nitrogens with two attached hydrogens (primary N) is 1. The van der Waals surface area contributed by atoms with Crippen molar-refractivity contribution in [3.63, 3.8) is 0 Å². The van der Waals surface area contributed by atoms with Crippen molar-refractivity contribution in [2.24, 2.45) is 0 Å². The summed E-state index contributed by atoms with van der Waals surface area (Å²) in [4.78, 5) is 12.1. The lowest BCUT2D eigenvalue weighted by Crippen LogP contribution is -2.26. The summed E-state index contributed by atoms with van der Waals surface area (Å²) in [6, 6.07) is 14.2. The van der Waals surface area contributed by atoms with Gasteiger partial charge in [0.2, 0.25) is 0 Å². The lowest BCUT2D eigenvalue weighted by molar-refractivity contribution is 0.0940. The largest absolute Gasteiger partial charge is 0.399 e. The first kappa shape index (κ1) is 13.4. The van der Waals surface area contributed by atoms with Crippen LogP contribution in [0.1, 0.15) is 28.9 Å². The molecule has 1 atom stereocenters. The first-order valence-electron chi connectivity index (χ1n) is 5.98. The summed E-state index contributed by atoms with van der Waals surface area (Å²) in [7, 11) is 0. The molecule has 2 rings (SSSR count). The quantitative estimate of drug-likeness (QED) is 0.843. The van der Waals surface area contributed by atoms with Crippen LogP contribution < -0.4 is 11.1 Å². The average Bonchev–Trinajstić information content (AvgIpc) is 2.38. The first-order chi connectivity index (χ1) is 9.06. The van der Waals surface area contributed by atoms with Crippen LogP contribution in [0.15, 0.2) is 48.5 Å². The van der Waals surface area contributed by atoms with Crippen molar-refractivity contribution in [1.29, 1.82) is 0 Å². The van der Waals surface area contributed by atoms with Gasteiger partial charge in [0, 0.05) is 16.3 Å². The molecule has 98 valence electrons. The van der Waals surface area contributed by atoms with E-state index in [1.165, 1.54) is 0 Å². The molecule has 0 bridgehead atoms. The maximum absolute atomic E-state index is 12.1. The third kappa shape index (κ3) is 3.48. The maximum Gasteiger partial charge on any atom is 0.251 e.